The van der Waals surface area contributed by atoms with Gasteiger partial charge in [-0.1, -0.05) is 6.08 Å². The van der Waals surface area contributed by atoms with Gasteiger partial charge in [-0.2, -0.15) is 0 Å². The summed E-state index contributed by atoms with van der Waals surface area (Å²) in [5.41, 5.74) is 6.79. The summed E-state index contributed by atoms with van der Waals surface area (Å²) in [6, 6.07) is 1.65. The predicted octanol–water partition coefficient (Wildman–Crippen LogP) is 0.711. The molecule has 3 N–H and O–H groups in total. The third-order valence-electron chi connectivity index (χ3n) is 2.48. The Labute approximate surface area is 101 Å². The lowest BCUT2D eigenvalue weighted by atomic mass is 10.3. The number of aryl methyl sites for hydroxylation is 1. The fourth-order valence-corrected chi connectivity index (χ4v) is 1.69. The number of hydrogen-bond donors (Lipinski definition) is 2. The number of carbonyl (C=O) groups is 1. The van der Waals surface area contributed by atoms with Crippen LogP contribution in [-0.4, -0.2) is 40.2 Å². The molecule has 1 amide bonds. The second-order valence-corrected chi connectivity index (χ2v) is 3.71. The van der Waals surface area contributed by atoms with Crippen LogP contribution in [0.5, 0.6) is 0 Å². The number of aromatic nitrogens is 1. The molecule has 0 atom stereocenters. The van der Waals surface area contributed by atoms with E-state index in [1.165, 1.54) is 4.90 Å². The van der Waals surface area contributed by atoms with E-state index in [1.54, 1.807) is 22.9 Å². The summed E-state index contributed by atoms with van der Waals surface area (Å²) < 4.78 is 1.80. The lowest BCUT2D eigenvalue weighted by Gasteiger charge is -2.20. The van der Waals surface area contributed by atoms with Crippen LogP contribution >= 0.6 is 0 Å². The molecule has 17 heavy (non-hydrogen) atoms. The highest BCUT2D eigenvalue weighted by Gasteiger charge is 2.18. The number of nitrogen functional groups attached to an aromatic ring is 1. The lowest BCUT2D eigenvalue weighted by molar-refractivity contribution is 0.0732. The van der Waals surface area contributed by atoms with Crippen molar-refractivity contribution in [2.45, 2.75) is 13.5 Å². The standard InChI is InChI=1S/C12H19N3O2/c1-3-5-15(6-7-16)12(17)11-8-10(13)9-14(11)4-2/h3,8-9,16H,1,4-7,13H2,2H3. The largest absolute Gasteiger partial charge is 0.397 e. The molecule has 0 spiro atoms. The summed E-state index contributed by atoms with van der Waals surface area (Å²) in [5.74, 6) is -0.141. The van der Waals surface area contributed by atoms with Gasteiger partial charge >= 0.3 is 0 Å². The first-order valence-corrected chi connectivity index (χ1v) is 5.60. The van der Waals surface area contributed by atoms with Gasteiger partial charge in [-0.05, 0) is 13.0 Å². The fourth-order valence-electron chi connectivity index (χ4n) is 1.69. The number of anilines is 1. The Morgan fingerprint density at radius 3 is 2.94 bits per heavy atom. The molecule has 1 aromatic heterocycles. The van der Waals surface area contributed by atoms with Gasteiger partial charge in [-0.25, -0.2) is 0 Å². The summed E-state index contributed by atoms with van der Waals surface area (Å²) in [7, 11) is 0. The zero-order valence-electron chi connectivity index (χ0n) is 10.1. The summed E-state index contributed by atoms with van der Waals surface area (Å²) in [5, 5.41) is 8.93. The second kappa shape index (κ2) is 6.10. The molecule has 0 saturated carbocycles. The number of aliphatic hydroxyl groups is 1. The van der Waals surface area contributed by atoms with Gasteiger partial charge in [0.25, 0.3) is 5.91 Å². The maximum atomic E-state index is 12.2. The Morgan fingerprint density at radius 1 is 1.71 bits per heavy atom. The van der Waals surface area contributed by atoms with Gasteiger partial charge in [-0.15, -0.1) is 6.58 Å². The molecule has 1 aromatic rings. The molecule has 0 unspecified atom stereocenters. The number of amides is 1. The van der Waals surface area contributed by atoms with Gasteiger partial charge in [0, 0.05) is 25.8 Å². The van der Waals surface area contributed by atoms with E-state index in [0.29, 0.717) is 31.0 Å². The molecule has 0 aliphatic heterocycles. The number of rotatable bonds is 6. The van der Waals surface area contributed by atoms with Crippen molar-refractivity contribution in [3.8, 4) is 0 Å². The third kappa shape index (κ3) is 3.10. The number of carbonyl (C=O) groups excluding carboxylic acids is 1. The highest BCUT2D eigenvalue weighted by molar-refractivity contribution is 5.94. The molecular formula is C12H19N3O2. The second-order valence-electron chi connectivity index (χ2n) is 3.71. The van der Waals surface area contributed by atoms with Crippen molar-refractivity contribution in [2.24, 2.45) is 0 Å². The molecule has 0 bridgehead atoms. The van der Waals surface area contributed by atoms with Crippen LogP contribution in [0.25, 0.3) is 0 Å². The third-order valence-corrected chi connectivity index (χ3v) is 2.48. The molecule has 94 valence electrons. The van der Waals surface area contributed by atoms with Crippen LogP contribution in [0.4, 0.5) is 5.69 Å². The topological polar surface area (TPSA) is 71.5 Å². The summed E-state index contributed by atoms with van der Waals surface area (Å²) in [4.78, 5) is 13.7. The fraction of sp³-hybridized carbons (Fsp3) is 0.417. The molecule has 0 aliphatic rings. The highest BCUT2D eigenvalue weighted by atomic mass is 16.3. The van der Waals surface area contributed by atoms with Gasteiger partial charge in [0.1, 0.15) is 5.69 Å². The molecule has 1 rings (SSSR count). The van der Waals surface area contributed by atoms with Crippen molar-refractivity contribution in [1.82, 2.24) is 9.47 Å². The summed E-state index contributed by atoms with van der Waals surface area (Å²) in [6.45, 7) is 6.86. The minimum absolute atomic E-state index is 0.0676. The number of hydrogen-bond acceptors (Lipinski definition) is 3. The molecule has 0 radical (unpaired) electrons. The van der Waals surface area contributed by atoms with Crippen LogP contribution in [0.15, 0.2) is 24.9 Å². The van der Waals surface area contributed by atoms with E-state index < -0.39 is 0 Å². The minimum atomic E-state index is -0.141. The summed E-state index contributed by atoms with van der Waals surface area (Å²) >= 11 is 0. The number of aliphatic hydroxyl groups excluding tert-OH is 1. The van der Waals surface area contributed by atoms with Crippen molar-refractivity contribution in [2.75, 3.05) is 25.4 Å². The van der Waals surface area contributed by atoms with Crippen LogP contribution in [0, 0.1) is 0 Å². The Hall–Kier alpha value is -1.75. The minimum Gasteiger partial charge on any atom is -0.397 e. The Kier molecular flexibility index (Phi) is 4.78. The Morgan fingerprint density at radius 2 is 2.41 bits per heavy atom. The number of nitrogens with two attached hydrogens (primary N) is 1. The van der Waals surface area contributed by atoms with Crippen molar-refractivity contribution >= 4 is 11.6 Å². The maximum Gasteiger partial charge on any atom is 0.270 e. The van der Waals surface area contributed by atoms with E-state index in [2.05, 4.69) is 6.58 Å². The first-order valence-electron chi connectivity index (χ1n) is 5.60. The van der Waals surface area contributed by atoms with Gasteiger partial charge < -0.3 is 20.3 Å². The van der Waals surface area contributed by atoms with Crippen LogP contribution in [0.1, 0.15) is 17.4 Å². The predicted molar refractivity (Wildman–Crippen MR) is 67.7 cm³/mol. The van der Waals surface area contributed by atoms with E-state index in [-0.39, 0.29) is 12.5 Å². The monoisotopic (exact) mass is 237 g/mol. The molecule has 5 heteroatoms. The lowest BCUT2D eigenvalue weighted by Crippen LogP contribution is -2.34. The Balaban J connectivity index is 2.95. The van der Waals surface area contributed by atoms with E-state index in [4.69, 9.17) is 10.8 Å². The molecule has 0 fully saturated rings. The van der Waals surface area contributed by atoms with Gasteiger partial charge in [-0.3, -0.25) is 4.79 Å². The van der Waals surface area contributed by atoms with Crippen LogP contribution in [0.3, 0.4) is 0 Å². The molecule has 0 saturated heterocycles. The van der Waals surface area contributed by atoms with Crippen molar-refractivity contribution in [3.05, 3.63) is 30.6 Å². The zero-order chi connectivity index (χ0) is 12.8. The summed E-state index contributed by atoms with van der Waals surface area (Å²) in [6.07, 6.45) is 3.37. The van der Waals surface area contributed by atoms with Gasteiger partial charge in [0.05, 0.1) is 12.3 Å². The normalized spacial score (nSPS) is 10.2. The van der Waals surface area contributed by atoms with E-state index in [0.717, 1.165) is 0 Å². The van der Waals surface area contributed by atoms with Crippen LogP contribution in [-0.2, 0) is 6.54 Å². The average molecular weight is 237 g/mol. The molecule has 1 heterocycles. The van der Waals surface area contributed by atoms with E-state index >= 15 is 0 Å². The first kappa shape index (κ1) is 13.3. The van der Waals surface area contributed by atoms with Crippen LogP contribution in [0.2, 0.25) is 0 Å². The highest BCUT2D eigenvalue weighted by Crippen LogP contribution is 2.13. The molecule has 0 aromatic carbocycles. The molecular weight excluding hydrogens is 218 g/mol. The van der Waals surface area contributed by atoms with Crippen LogP contribution < -0.4 is 5.73 Å². The SMILES string of the molecule is C=CCN(CCO)C(=O)c1cc(N)cn1CC. The van der Waals surface area contributed by atoms with Crippen molar-refractivity contribution < 1.29 is 9.90 Å². The maximum absolute atomic E-state index is 12.2. The quantitative estimate of drug-likeness (QED) is 0.716. The van der Waals surface area contributed by atoms with Gasteiger partial charge in [0.2, 0.25) is 0 Å². The van der Waals surface area contributed by atoms with Crippen molar-refractivity contribution in [3.63, 3.8) is 0 Å². The van der Waals surface area contributed by atoms with Gasteiger partial charge in [0.15, 0.2) is 0 Å². The number of nitrogens with zero attached hydrogens (tertiary/aromatic N) is 2. The molecule has 5 nitrogen and oxygen atoms in total. The molecule has 0 aliphatic carbocycles. The van der Waals surface area contributed by atoms with E-state index in [1.807, 2.05) is 6.92 Å². The zero-order valence-corrected chi connectivity index (χ0v) is 10.1. The smallest absolute Gasteiger partial charge is 0.270 e. The van der Waals surface area contributed by atoms with Crippen molar-refractivity contribution in [1.29, 1.82) is 0 Å². The Bertz CT molecular complexity index is 398. The average Bonchev–Trinajstić information content (AvgIpc) is 2.69. The first-order chi connectivity index (χ1) is 8.13. The van der Waals surface area contributed by atoms with E-state index in [9.17, 15) is 4.79 Å².